The molecule has 0 aromatic carbocycles. The van der Waals surface area contributed by atoms with Crippen LogP contribution in [0.25, 0.3) is 0 Å². The molecule has 1 rings (SSSR count). The Morgan fingerprint density at radius 1 is 1.04 bits per heavy atom. The van der Waals surface area contributed by atoms with Gasteiger partial charge in [0.05, 0.1) is 26.4 Å². The van der Waals surface area contributed by atoms with E-state index in [1.807, 2.05) is 20.8 Å². The first-order valence-corrected chi connectivity index (χ1v) is 8.18. The number of carbonyl (C=O) groups is 2. The molecular weight excluding hydrogens is 298 g/mol. The molecule has 0 saturated carbocycles. The van der Waals surface area contributed by atoms with Crippen molar-refractivity contribution in [3.63, 3.8) is 0 Å². The minimum atomic E-state index is -0.524. The maximum Gasteiger partial charge on any atom is 0.331 e. The second-order valence-electron chi connectivity index (χ2n) is 6.83. The number of hydrogen-bond donors (Lipinski definition) is 0. The Kier molecular flexibility index (Phi) is 8.87. The summed E-state index contributed by atoms with van der Waals surface area (Å²) in [7, 11) is 0. The van der Waals surface area contributed by atoms with E-state index in [9.17, 15) is 9.59 Å². The molecule has 23 heavy (non-hydrogen) atoms. The van der Waals surface area contributed by atoms with Crippen LogP contribution < -0.4 is 0 Å². The third-order valence-electron chi connectivity index (χ3n) is 3.22. The monoisotopic (exact) mass is 327 g/mol. The van der Waals surface area contributed by atoms with Gasteiger partial charge in [0.25, 0.3) is 0 Å². The lowest BCUT2D eigenvalue weighted by atomic mass is 9.99. The van der Waals surface area contributed by atoms with E-state index in [0.717, 1.165) is 57.8 Å². The fourth-order valence-electron chi connectivity index (χ4n) is 1.95. The molecule has 1 fully saturated rings. The van der Waals surface area contributed by atoms with Gasteiger partial charge in [-0.3, -0.25) is 4.90 Å². The zero-order valence-electron chi connectivity index (χ0n) is 14.5. The summed E-state index contributed by atoms with van der Waals surface area (Å²) in [5, 5.41) is 0. The van der Waals surface area contributed by atoms with Crippen molar-refractivity contribution in [3.05, 3.63) is 12.2 Å². The van der Waals surface area contributed by atoms with Crippen molar-refractivity contribution in [1.82, 2.24) is 4.90 Å². The maximum absolute atomic E-state index is 11.5. The highest BCUT2D eigenvalue weighted by atomic mass is 16.5. The first-order chi connectivity index (χ1) is 10.9. The molecule has 1 heterocycles. The maximum atomic E-state index is 11.5. The van der Waals surface area contributed by atoms with Crippen molar-refractivity contribution >= 4 is 11.9 Å². The predicted molar refractivity (Wildman–Crippen MR) is 87.0 cm³/mol. The quantitative estimate of drug-likeness (QED) is 0.385. The number of esters is 2. The normalized spacial score (nSPS) is 16.5. The van der Waals surface area contributed by atoms with E-state index in [4.69, 9.17) is 14.2 Å². The highest BCUT2D eigenvalue weighted by Gasteiger charge is 2.12. The Bertz CT molecular complexity index is 394. The second-order valence-corrected chi connectivity index (χ2v) is 6.83. The Balaban J connectivity index is 2.04. The van der Waals surface area contributed by atoms with Crippen LogP contribution in [0.3, 0.4) is 0 Å². The van der Waals surface area contributed by atoms with E-state index >= 15 is 0 Å². The molecule has 0 amide bonds. The molecule has 6 heteroatoms. The number of carbonyl (C=O) groups excluding carboxylic acids is 2. The standard InChI is InChI=1S/C17H29NO5/c1-17(2,3)14-23-16(20)7-6-15(19)22-11-5-4-8-18-9-12-21-13-10-18/h6-7H,4-5,8-14H2,1-3H3/b7-6+. The van der Waals surface area contributed by atoms with Gasteiger partial charge in [-0.1, -0.05) is 20.8 Å². The van der Waals surface area contributed by atoms with Gasteiger partial charge in [-0.05, 0) is 24.8 Å². The van der Waals surface area contributed by atoms with E-state index in [1.54, 1.807) is 0 Å². The number of hydrogen-bond acceptors (Lipinski definition) is 6. The van der Waals surface area contributed by atoms with Crippen LogP contribution in [0, 0.1) is 5.41 Å². The minimum absolute atomic E-state index is 0.0928. The van der Waals surface area contributed by atoms with Crippen LogP contribution in [-0.2, 0) is 23.8 Å². The van der Waals surface area contributed by atoms with Crippen molar-refractivity contribution < 1.29 is 23.8 Å². The fraction of sp³-hybridized carbons (Fsp3) is 0.765. The molecule has 0 unspecified atom stereocenters. The molecule has 0 N–H and O–H groups in total. The fourth-order valence-corrected chi connectivity index (χ4v) is 1.95. The highest BCUT2D eigenvalue weighted by molar-refractivity contribution is 5.91. The van der Waals surface area contributed by atoms with Crippen LogP contribution in [0.2, 0.25) is 0 Å². The molecule has 132 valence electrons. The minimum Gasteiger partial charge on any atom is -0.463 e. The van der Waals surface area contributed by atoms with Crippen LogP contribution in [0.5, 0.6) is 0 Å². The molecule has 0 bridgehead atoms. The number of unbranched alkanes of at least 4 members (excludes halogenated alkanes) is 1. The zero-order valence-corrected chi connectivity index (χ0v) is 14.5. The first-order valence-electron chi connectivity index (χ1n) is 8.18. The molecule has 6 nitrogen and oxygen atoms in total. The molecule has 0 aromatic rings. The van der Waals surface area contributed by atoms with Gasteiger partial charge in [0.1, 0.15) is 0 Å². The SMILES string of the molecule is CC(C)(C)COC(=O)/C=C/C(=O)OCCCCN1CCOCC1. The van der Waals surface area contributed by atoms with Crippen LogP contribution in [-0.4, -0.2) is 62.9 Å². The molecule has 1 saturated heterocycles. The lowest BCUT2D eigenvalue weighted by Gasteiger charge is -2.26. The van der Waals surface area contributed by atoms with Gasteiger partial charge in [0.2, 0.25) is 0 Å². The van der Waals surface area contributed by atoms with Gasteiger partial charge < -0.3 is 14.2 Å². The summed E-state index contributed by atoms with van der Waals surface area (Å²) in [6, 6.07) is 0. The number of rotatable bonds is 8. The van der Waals surface area contributed by atoms with Crippen molar-refractivity contribution in [2.75, 3.05) is 46.1 Å². The Hall–Kier alpha value is -1.40. The van der Waals surface area contributed by atoms with Gasteiger partial charge in [0, 0.05) is 25.2 Å². The summed E-state index contributed by atoms with van der Waals surface area (Å²) in [5.41, 5.74) is -0.0928. The predicted octanol–water partition coefficient (Wildman–Crippen LogP) is 1.79. The lowest BCUT2D eigenvalue weighted by molar-refractivity contribution is -0.142. The number of nitrogens with zero attached hydrogens (tertiary/aromatic N) is 1. The van der Waals surface area contributed by atoms with E-state index in [1.165, 1.54) is 0 Å². The summed E-state index contributed by atoms with van der Waals surface area (Å²) in [6.45, 7) is 11.1. The van der Waals surface area contributed by atoms with Crippen molar-refractivity contribution in [2.45, 2.75) is 33.6 Å². The molecule has 1 aliphatic heterocycles. The summed E-state index contributed by atoms with van der Waals surface area (Å²) in [6.07, 6.45) is 4.02. The van der Waals surface area contributed by atoms with Gasteiger partial charge >= 0.3 is 11.9 Å². The zero-order chi connectivity index (χ0) is 17.1. The molecule has 1 aliphatic rings. The summed E-state index contributed by atoms with van der Waals surface area (Å²) >= 11 is 0. The summed E-state index contributed by atoms with van der Waals surface area (Å²) < 4.78 is 15.4. The Morgan fingerprint density at radius 2 is 1.65 bits per heavy atom. The first kappa shape index (κ1) is 19.6. The Morgan fingerprint density at radius 3 is 2.26 bits per heavy atom. The van der Waals surface area contributed by atoms with Crippen LogP contribution in [0.1, 0.15) is 33.6 Å². The van der Waals surface area contributed by atoms with E-state index in [2.05, 4.69) is 4.90 Å². The largest absolute Gasteiger partial charge is 0.463 e. The average molecular weight is 327 g/mol. The molecule has 0 radical (unpaired) electrons. The second kappa shape index (κ2) is 10.4. The van der Waals surface area contributed by atoms with Crippen LogP contribution >= 0.6 is 0 Å². The number of ether oxygens (including phenoxy) is 3. The number of morpholine rings is 1. The molecule has 0 aromatic heterocycles. The molecule has 0 atom stereocenters. The lowest BCUT2D eigenvalue weighted by Crippen LogP contribution is -2.36. The van der Waals surface area contributed by atoms with E-state index in [-0.39, 0.29) is 5.41 Å². The third-order valence-corrected chi connectivity index (χ3v) is 3.22. The van der Waals surface area contributed by atoms with Gasteiger partial charge in [-0.2, -0.15) is 0 Å². The van der Waals surface area contributed by atoms with Gasteiger partial charge in [-0.15, -0.1) is 0 Å². The smallest absolute Gasteiger partial charge is 0.331 e. The highest BCUT2D eigenvalue weighted by Crippen LogP contribution is 2.12. The Labute approximate surface area is 138 Å². The topological polar surface area (TPSA) is 65.1 Å². The van der Waals surface area contributed by atoms with Crippen molar-refractivity contribution in [3.8, 4) is 0 Å². The van der Waals surface area contributed by atoms with E-state index in [0.29, 0.717) is 13.2 Å². The van der Waals surface area contributed by atoms with Crippen molar-refractivity contribution in [1.29, 1.82) is 0 Å². The third kappa shape index (κ3) is 10.9. The van der Waals surface area contributed by atoms with Gasteiger partial charge in [-0.25, -0.2) is 9.59 Å². The summed E-state index contributed by atoms with van der Waals surface area (Å²) in [5.74, 6) is -1.03. The van der Waals surface area contributed by atoms with Gasteiger partial charge in [0.15, 0.2) is 0 Å². The average Bonchev–Trinajstić information content (AvgIpc) is 2.51. The van der Waals surface area contributed by atoms with Crippen LogP contribution in [0.15, 0.2) is 12.2 Å². The molecule has 0 aliphatic carbocycles. The summed E-state index contributed by atoms with van der Waals surface area (Å²) in [4.78, 5) is 25.2. The van der Waals surface area contributed by atoms with Crippen LogP contribution in [0.4, 0.5) is 0 Å². The van der Waals surface area contributed by atoms with E-state index < -0.39 is 11.9 Å². The molecule has 0 spiro atoms. The molecular formula is C17H29NO5. The van der Waals surface area contributed by atoms with Crippen molar-refractivity contribution in [2.24, 2.45) is 5.41 Å².